The Labute approximate surface area is 102 Å². The highest BCUT2D eigenvalue weighted by Crippen LogP contribution is 2.34. The molecule has 1 amide bonds. The van der Waals surface area contributed by atoms with Crippen LogP contribution in [0.2, 0.25) is 0 Å². The van der Waals surface area contributed by atoms with E-state index in [-0.39, 0.29) is 17.9 Å². The Morgan fingerprint density at radius 2 is 2.18 bits per heavy atom. The average molecular weight is 232 g/mol. The second-order valence-electron chi connectivity index (χ2n) is 5.11. The molecule has 0 spiro atoms. The van der Waals surface area contributed by atoms with Crippen LogP contribution in [0.25, 0.3) is 0 Å². The number of nitrogens with two attached hydrogens (primary N) is 1. The number of fused-ring (bicyclic) bond motifs is 1. The number of hydrogen-bond donors (Lipinski definition) is 2. The summed E-state index contributed by atoms with van der Waals surface area (Å²) in [5.74, 6) is 0.536. The highest BCUT2D eigenvalue weighted by atomic mass is 16.1. The molecule has 1 aliphatic carbocycles. The van der Waals surface area contributed by atoms with Crippen molar-refractivity contribution in [3.8, 4) is 0 Å². The molecule has 17 heavy (non-hydrogen) atoms. The molecule has 0 aliphatic heterocycles. The molecule has 0 bridgehead atoms. The molecule has 3 heteroatoms. The number of nitrogens with one attached hydrogen (secondary N) is 1. The van der Waals surface area contributed by atoms with Crippen molar-refractivity contribution in [2.24, 2.45) is 11.7 Å². The molecule has 1 aliphatic rings. The summed E-state index contributed by atoms with van der Waals surface area (Å²) >= 11 is 0. The summed E-state index contributed by atoms with van der Waals surface area (Å²) in [5.41, 5.74) is 8.37. The molecule has 0 heterocycles. The summed E-state index contributed by atoms with van der Waals surface area (Å²) < 4.78 is 0. The molecule has 3 nitrogen and oxygen atoms in total. The van der Waals surface area contributed by atoms with Gasteiger partial charge in [-0.15, -0.1) is 0 Å². The van der Waals surface area contributed by atoms with E-state index in [0.29, 0.717) is 12.5 Å². The van der Waals surface area contributed by atoms with Gasteiger partial charge in [0.1, 0.15) is 0 Å². The van der Waals surface area contributed by atoms with Gasteiger partial charge >= 0.3 is 0 Å². The lowest BCUT2D eigenvalue weighted by Gasteiger charge is -2.29. The molecule has 0 saturated carbocycles. The molecule has 0 fully saturated rings. The Balaban J connectivity index is 1.88. The third kappa shape index (κ3) is 2.50. The van der Waals surface area contributed by atoms with Gasteiger partial charge in [0.25, 0.3) is 0 Å². The molecule has 2 rings (SSSR count). The second-order valence-corrected chi connectivity index (χ2v) is 5.11. The van der Waals surface area contributed by atoms with Crippen molar-refractivity contribution in [2.45, 2.75) is 32.2 Å². The molecular weight excluding hydrogens is 212 g/mol. The van der Waals surface area contributed by atoms with Crippen LogP contribution in [0.3, 0.4) is 0 Å². The van der Waals surface area contributed by atoms with Crippen LogP contribution in [-0.4, -0.2) is 18.5 Å². The zero-order valence-corrected chi connectivity index (χ0v) is 10.4. The number of benzene rings is 1. The first-order valence-corrected chi connectivity index (χ1v) is 6.20. The monoisotopic (exact) mass is 232 g/mol. The lowest BCUT2D eigenvalue weighted by molar-refractivity contribution is -0.123. The molecule has 0 radical (unpaired) electrons. The predicted octanol–water partition coefficient (Wildman–Crippen LogP) is 1.43. The van der Waals surface area contributed by atoms with Gasteiger partial charge in [-0.3, -0.25) is 4.79 Å². The highest BCUT2D eigenvalue weighted by molar-refractivity contribution is 5.86. The summed E-state index contributed by atoms with van der Waals surface area (Å²) in [6, 6.07) is 8.15. The normalized spacial score (nSPS) is 19.4. The zero-order valence-electron chi connectivity index (χ0n) is 10.4. The van der Waals surface area contributed by atoms with Crippen LogP contribution in [-0.2, 0) is 11.2 Å². The van der Waals surface area contributed by atoms with Gasteiger partial charge in [0, 0.05) is 12.6 Å². The van der Waals surface area contributed by atoms with E-state index in [9.17, 15) is 4.79 Å². The van der Waals surface area contributed by atoms with Crippen molar-refractivity contribution in [1.29, 1.82) is 0 Å². The van der Waals surface area contributed by atoms with Gasteiger partial charge in [0.15, 0.2) is 0 Å². The predicted molar refractivity (Wildman–Crippen MR) is 68.7 cm³/mol. The molecule has 2 unspecified atom stereocenters. The van der Waals surface area contributed by atoms with E-state index in [2.05, 4.69) is 25.2 Å². The van der Waals surface area contributed by atoms with E-state index in [4.69, 9.17) is 5.73 Å². The van der Waals surface area contributed by atoms with Gasteiger partial charge in [-0.25, -0.2) is 0 Å². The van der Waals surface area contributed by atoms with Crippen molar-refractivity contribution in [2.75, 3.05) is 6.54 Å². The topological polar surface area (TPSA) is 55.1 Å². The van der Waals surface area contributed by atoms with Crippen LogP contribution >= 0.6 is 0 Å². The van der Waals surface area contributed by atoms with Crippen molar-refractivity contribution < 1.29 is 4.79 Å². The van der Waals surface area contributed by atoms with Crippen LogP contribution < -0.4 is 11.1 Å². The minimum atomic E-state index is 0.0329. The Morgan fingerprint density at radius 3 is 2.82 bits per heavy atom. The minimum Gasteiger partial charge on any atom is -0.354 e. The third-order valence-electron chi connectivity index (χ3n) is 3.54. The summed E-state index contributed by atoms with van der Waals surface area (Å²) in [4.78, 5) is 11.9. The van der Waals surface area contributed by atoms with Gasteiger partial charge in [-0.05, 0) is 23.5 Å². The van der Waals surface area contributed by atoms with E-state index in [0.717, 1.165) is 6.42 Å². The highest BCUT2D eigenvalue weighted by Gasteiger charge is 2.31. The van der Waals surface area contributed by atoms with Crippen molar-refractivity contribution >= 4 is 5.91 Å². The maximum atomic E-state index is 11.9. The van der Waals surface area contributed by atoms with Gasteiger partial charge < -0.3 is 11.1 Å². The molecule has 0 saturated heterocycles. The fourth-order valence-corrected chi connectivity index (χ4v) is 2.07. The maximum Gasteiger partial charge on any atom is 0.227 e. The Morgan fingerprint density at radius 1 is 1.47 bits per heavy atom. The van der Waals surface area contributed by atoms with E-state index >= 15 is 0 Å². The number of hydrogen-bond acceptors (Lipinski definition) is 2. The first kappa shape index (κ1) is 12.1. The number of rotatable bonds is 4. The molecule has 0 aromatic heterocycles. The molecule has 2 atom stereocenters. The van der Waals surface area contributed by atoms with Gasteiger partial charge in [-0.2, -0.15) is 0 Å². The van der Waals surface area contributed by atoms with Crippen LogP contribution in [0.5, 0.6) is 0 Å². The van der Waals surface area contributed by atoms with Crippen LogP contribution in [0.15, 0.2) is 24.3 Å². The van der Waals surface area contributed by atoms with E-state index < -0.39 is 0 Å². The van der Waals surface area contributed by atoms with Crippen molar-refractivity contribution in [3.05, 3.63) is 35.4 Å². The van der Waals surface area contributed by atoms with Crippen LogP contribution in [0, 0.1) is 5.92 Å². The van der Waals surface area contributed by atoms with Gasteiger partial charge in [-0.1, -0.05) is 38.1 Å². The second kappa shape index (κ2) is 4.88. The molecule has 3 N–H and O–H groups in total. The fraction of sp³-hybridized carbons (Fsp3) is 0.500. The quantitative estimate of drug-likeness (QED) is 0.825. The first-order chi connectivity index (χ1) is 8.09. The number of carbonyl (C=O) groups is 1. The van der Waals surface area contributed by atoms with Crippen molar-refractivity contribution in [3.63, 3.8) is 0 Å². The van der Waals surface area contributed by atoms with Crippen LogP contribution in [0.4, 0.5) is 0 Å². The molecule has 92 valence electrons. The standard InChI is InChI=1S/C14H20N2O/c1-9(2)13(15)8-16-14(17)12-7-10-5-3-4-6-11(10)12/h3-6,9,12-13H,7-8,15H2,1-2H3,(H,16,17). The Bertz CT molecular complexity index is 414. The van der Waals surface area contributed by atoms with Crippen LogP contribution in [0.1, 0.15) is 30.9 Å². The Hall–Kier alpha value is -1.35. The number of amides is 1. The smallest absolute Gasteiger partial charge is 0.227 e. The van der Waals surface area contributed by atoms with Gasteiger partial charge in [0.05, 0.1) is 5.92 Å². The van der Waals surface area contributed by atoms with E-state index in [1.807, 2.05) is 18.2 Å². The third-order valence-corrected chi connectivity index (χ3v) is 3.54. The molecule has 1 aromatic carbocycles. The van der Waals surface area contributed by atoms with Gasteiger partial charge in [0.2, 0.25) is 5.91 Å². The lowest BCUT2D eigenvalue weighted by Crippen LogP contribution is -2.43. The largest absolute Gasteiger partial charge is 0.354 e. The first-order valence-electron chi connectivity index (χ1n) is 6.20. The molecular formula is C14H20N2O. The van der Waals surface area contributed by atoms with Crippen molar-refractivity contribution in [1.82, 2.24) is 5.32 Å². The fourth-order valence-electron chi connectivity index (χ4n) is 2.07. The van der Waals surface area contributed by atoms with E-state index in [1.165, 1.54) is 11.1 Å². The molecule has 1 aromatic rings. The summed E-state index contributed by atoms with van der Waals surface area (Å²) in [7, 11) is 0. The van der Waals surface area contributed by atoms with E-state index in [1.54, 1.807) is 0 Å². The zero-order chi connectivity index (χ0) is 12.4. The summed E-state index contributed by atoms with van der Waals surface area (Å²) in [5, 5.41) is 2.94. The minimum absolute atomic E-state index is 0.0329. The Kier molecular flexibility index (Phi) is 3.48. The maximum absolute atomic E-state index is 11.9. The average Bonchev–Trinajstić information content (AvgIpc) is 2.27. The summed E-state index contributed by atoms with van der Waals surface area (Å²) in [6.07, 6.45) is 0.860. The SMILES string of the molecule is CC(C)C(N)CNC(=O)C1Cc2ccccc21. The number of carbonyl (C=O) groups excluding carboxylic acids is 1. The lowest BCUT2D eigenvalue weighted by atomic mass is 9.77. The summed E-state index contributed by atoms with van der Waals surface area (Å²) in [6.45, 7) is 4.69.